The van der Waals surface area contributed by atoms with E-state index in [9.17, 15) is 31.1 Å². The first-order chi connectivity index (χ1) is 12.8. The summed E-state index contributed by atoms with van der Waals surface area (Å²) in [6, 6.07) is 4.47. The second-order valence-corrected chi connectivity index (χ2v) is 6.92. The molecular weight excluding hydrogens is 388 g/mol. The second kappa shape index (κ2) is 7.84. The van der Waals surface area contributed by atoms with Crippen LogP contribution in [0.5, 0.6) is 0 Å². The summed E-state index contributed by atoms with van der Waals surface area (Å²) in [5.41, 5.74) is 2.60. The average molecular weight is 407 g/mol. The molecule has 1 atom stereocenters. The molecule has 0 aliphatic heterocycles. The van der Waals surface area contributed by atoms with Crippen LogP contribution in [0.15, 0.2) is 30.5 Å². The number of aromatic nitrogens is 2. The van der Waals surface area contributed by atoms with Crippen molar-refractivity contribution in [2.24, 2.45) is 11.7 Å². The maximum absolute atomic E-state index is 13.1. The smallest absolute Gasteiger partial charge is 0.365 e. The molecule has 2 N–H and O–H groups in total. The molecule has 1 unspecified atom stereocenters. The molecule has 0 aliphatic rings. The molecule has 1 aromatic heterocycles. The van der Waals surface area contributed by atoms with Gasteiger partial charge < -0.3 is 5.73 Å². The highest BCUT2D eigenvalue weighted by Crippen LogP contribution is 2.34. The van der Waals surface area contributed by atoms with E-state index in [4.69, 9.17) is 5.73 Å². The summed E-state index contributed by atoms with van der Waals surface area (Å²) in [5.74, 6) is -1.53. The first kappa shape index (κ1) is 21.8. The molecule has 0 fully saturated rings. The molecule has 2 rings (SSSR count). The SMILES string of the molecule is CC(C)CC(Cn1cc(C(N)=O)c(C(F)(F)F)n1)c1ccc(C(F)(F)F)cc1. The Balaban J connectivity index is 2.36. The van der Waals surface area contributed by atoms with E-state index in [1.54, 1.807) is 0 Å². The fourth-order valence-corrected chi connectivity index (χ4v) is 2.96. The molecule has 28 heavy (non-hydrogen) atoms. The van der Waals surface area contributed by atoms with Crippen molar-refractivity contribution in [3.05, 3.63) is 52.8 Å². The minimum Gasteiger partial charge on any atom is -0.365 e. The summed E-state index contributed by atoms with van der Waals surface area (Å²) < 4.78 is 78.4. The van der Waals surface area contributed by atoms with Crippen molar-refractivity contribution in [3.63, 3.8) is 0 Å². The zero-order valence-corrected chi connectivity index (χ0v) is 15.1. The lowest BCUT2D eigenvalue weighted by Gasteiger charge is -2.20. The maximum Gasteiger partial charge on any atom is 0.435 e. The van der Waals surface area contributed by atoms with Crippen molar-refractivity contribution in [3.8, 4) is 0 Å². The van der Waals surface area contributed by atoms with Gasteiger partial charge in [-0.2, -0.15) is 31.4 Å². The molecule has 1 heterocycles. The predicted octanol–water partition coefficient (Wildman–Crippen LogP) is 4.85. The third-order valence-corrected chi connectivity index (χ3v) is 4.17. The van der Waals surface area contributed by atoms with Gasteiger partial charge in [-0.3, -0.25) is 9.48 Å². The van der Waals surface area contributed by atoms with Crippen molar-refractivity contribution in [1.82, 2.24) is 9.78 Å². The summed E-state index contributed by atoms with van der Waals surface area (Å²) >= 11 is 0. The molecule has 0 spiro atoms. The first-order valence-corrected chi connectivity index (χ1v) is 8.40. The lowest BCUT2D eigenvalue weighted by molar-refractivity contribution is -0.142. The van der Waals surface area contributed by atoms with Gasteiger partial charge in [0.15, 0.2) is 5.69 Å². The standard InChI is InChI=1S/C18H19F6N3O/c1-10(2)7-12(11-3-5-13(6-4-11)17(19,20)21)8-27-9-14(16(25)28)15(26-27)18(22,23)24/h3-6,9-10,12H,7-8H2,1-2H3,(H2,25,28). The Kier molecular flexibility index (Phi) is 6.10. The number of carbonyl (C=O) groups is 1. The predicted molar refractivity (Wildman–Crippen MR) is 89.4 cm³/mol. The third kappa shape index (κ3) is 5.26. The molecule has 1 amide bonds. The van der Waals surface area contributed by atoms with Crippen LogP contribution in [0.3, 0.4) is 0 Å². The number of rotatable bonds is 6. The molecular formula is C18H19F6N3O. The number of amides is 1. The van der Waals surface area contributed by atoms with Crippen LogP contribution in [-0.2, 0) is 18.9 Å². The van der Waals surface area contributed by atoms with Gasteiger partial charge in [0.05, 0.1) is 11.1 Å². The monoisotopic (exact) mass is 407 g/mol. The van der Waals surface area contributed by atoms with Crippen LogP contribution in [0.25, 0.3) is 0 Å². The van der Waals surface area contributed by atoms with Crippen LogP contribution in [0.4, 0.5) is 26.3 Å². The van der Waals surface area contributed by atoms with Gasteiger partial charge in [-0.25, -0.2) is 0 Å². The molecule has 0 bridgehead atoms. The van der Waals surface area contributed by atoms with Crippen LogP contribution in [0.2, 0.25) is 0 Å². The van der Waals surface area contributed by atoms with E-state index >= 15 is 0 Å². The third-order valence-electron chi connectivity index (χ3n) is 4.17. The van der Waals surface area contributed by atoms with E-state index in [-0.39, 0.29) is 12.5 Å². The molecule has 2 aromatic rings. The van der Waals surface area contributed by atoms with Crippen molar-refractivity contribution >= 4 is 5.91 Å². The quantitative estimate of drug-likeness (QED) is 0.696. The number of nitrogens with two attached hydrogens (primary N) is 1. The van der Waals surface area contributed by atoms with E-state index in [0.717, 1.165) is 23.0 Å². The highest BCUT2D eigenvalue weighted by atomic mass is 19.4. The molecule has 1 aromatic carbocycles. The van der Waals surface area contributed by atoms with Crippen molar-refractivity contribution in [2.75, 3.05) is 0 Å². The highest BCUT2D eigenvalue weighted by Gasteiger charge is 2.39. The molecule has 154 valence electrons. The topological polar surface area (TPSA) is 60.9 Å². The van der Waals surface area contributed by atoms with Gasteiger partial charge in [0.2, 0.25) is 0 Å². The van der Waals surface area contributed by atoms with E-state index < -0.39 is 41.0 Å². The van der Waals surface area contributed by atoms with Gasteiger partial charge in [-0.05, 0) is 30.0 Å². The van der Waals surface area contributed by atoms with E-state index in [1.807, 2.05) is 13.8 Å². The van der Waals surface area contributed by atoms with E-state index in [0.29, 0.717) is 12.0 Å². The summed E-state index contributed by atoms with van der Waals surface area (Å²) in [5, 5.41) is 3.44. The summed E-state index contributed by atoms with van der Waals surface area (Å²) in [6.45, 7) is 3.73. The van der Waals surface area contributed by atoms with Gasteiger partial charge in [0.25, 0.3) is 5.91 Å². The van der Waals surface area contributed by atoms with Crippen LogP contribution in [0.1, 0.15) is 53.4 Å². The largest absolute Gasteiger partial charge is 0.435 e. The molecule has 0 aliphatic carbocycles. The number of primary amides is 1. The van der Waals surface area contributed by atoms with Crippen molar-refractivity contribution in [1.29, 1.82) is 0 Å². The Morgan fingerprint density at radius 3 is 2.04 bits per heavy atom. The normalized spacial score (nSPS) is 13.8. The number of alkyl halides is 6. The summed E-state index contributed by atoms with van der Waals surface area (Å²) in [7, 11) is 0. The number of benzene rings is 1. The number of nitrogens with zero attached hydrogens (tertiary/aromatic N) is 2. The van der Waals surface area contributed by atoms with Gasteiger partial charge in [0.1, 0.15) is 0 Å². The fraction of sp³-hybridized carbons (Fsp3) is 0.444. The molecule has 0 saturated carbocycles. The number of carbonyl (C=O) groups excluding carboxylic acids is 1. The number of hydrogen-bond acceptors (Lipinski definition) is 2. The number of hydrogen-bond donors (Lipinski definition) is 1. The highest BCUT2D eigenvalue weighted by molar-refractivity contribution is 5.93. The maximum atomic E-state index is 13.1. The average Bonchev–Trinajstić information content (AvgIpc) is 2.98. The molecule has 10 heteroatoms. The Hall–Kier alpha value is -2.52. The van der Waals surface area contributed by atoms with Crippen LogP contribution >= 0.6 is 0 Å². The Morgan fingerprint density at radius 1 is 1.07 bits per heavy atom. The fourth-order valence-electron chi connectivity index (χ4n) is 2.96. The number of halogens is 6. The van der Waals surface area contributed by atoms with Gasteiger partial charge in [-0.1, -0.05) is 26.0 Å². The van der Waals surface area contributed by atoms with E-state index in [1.165, 1.54) is 12.1 Å². The minimum atomic E-state index is -4.85. The van der Waals surface area contributed by atoms with Crippen LogP contribution in [-0.4, -0.2) is 15.7 Å². The zero-order chi connectivity index (χ0) is 21.3. The zero-order valence-electron chi connectivity index (χ0n) is 15.1. The molecule has 4 nitrogen and oxygen atoms in total. The Bertz CT molecular complexity index is 821. The van der Waals surface area contributed by atoms with Crippen LogP contribution in [0, 0.1) is 5.92 Å². The Morgan fingerprint density at radius 2 is 1.64 bits per heavy atom. The lowest BCUT2D eigenvalue weighted by Crippen LogP contribution is -2.17. The van der Waals surface area contributed by atoms with Gasteiger partial charge >= 0.3 is 12.4 Å². The first-order valence-electron chi connectivity index (χ1n) is 8.40. The van der Waals surface area contributed by atoms with Gasteiger partial charge in [-0.15, -0.1) is 0 Å². The van der Waals surface area contributed by atoms with E-state index in [2.05, 4.69) is 5.10 Å². The molecule has 0 saturated heterocycles. The van der Waals surface area contributed by atoms with Crippen LogP contribution < -0.4 is 5.73 Å². The van der Waals surface area contributed by atoms with Gasteiger partial charge in [0, 0.05) is 18.7 Å². The van der Waals surface area contributed by atoms with Crippen molar-refractivity contribution < 1.29 is 31.1 Å². The molecule has 0 radical (unpaired) electrons. The second-order valence-electron chi connectivity index (χ2n) is 6.92. The lowest BCUT2D eigenvalue weighted by atomic mass is 9.89. The van der Waals surface area contributed by atoms with Crippen molar-refractivity contribution in [2.45, 2.75) is 45.1 Å². The Labute approximate surface area is 157 Å². The summed E-state index contributed by atoms with van der Waals surface area (Å²) in [6.07, 6.45) is -7.91. The summed E-state index contributed by atoms with van der Waals surface area (Å²) in [4.78, 5) is 11.3. The minimum absolute atomic E-state index is 0.0418.